The number of hydrogen-bond donors (Lipinski definition) is 1. The molecule has 14 heavy (non-hydrogen) atoms. The van der Waals surface area contributed by atoms with Gasteiger partial charge in [-0.25, -0.2) is 4.39 Å². The molecule has 0 radical (unpaired) electrons. The first-order valence-electron chi connectivity index (χ1n) is 4.29. The fourth-order valence-corrected chi connectivity index (χ4v) is 1.63. The molecule has 1 aliphatic rings. The molecule has 70 valence electrons. The molecule has 0 unspecified atom stereocenters. The summed E-state index contributed by atoms with van der Waals surface area (Å²) in [7, 11) is 0. The minimum atomic E-state index is -0.269. The lowest BCUT2D eigenvalue weighted by molar-refractivity contribution is 0.302. The largest absolute Gasteiger partial charge is 0.488 e. The van der Waals surface area contributed by atoms with Gasteiger partial charge in [-0.2, -0.15) is 5.10 Å². The second-order valence-corrected chi connectivity index (χ2v) is 3.20. The van der Waals surface area contributed by atoms with E-state index in [1.54, 1.807) is 12.3 Å². The van der Waals surface area contributed by atoms with E-state index in [9.17, 15) is 4.39 Å². The van der Waals surface area contributed by atoms with Crippen molar-refractivity contribution in [1.29, 1.82) is 0 Å². The van der Waals surface area contributed by atoms with E-state index in [0.29, 0.717) is 12.4 Å². The van der Waals surface area contributed by atoms with Gasteiger partial charge in [-0.05, 0) is 18.2 Å². The van der Waals surface area contributed by atoms with Crippen molar-refractivity contribution in [3.8, 4) is 17.0 Å². The highest BCUT2D eigenvalue weighted by atomic mass is 19.1. The molecule has 0 fully saturated rings. The third kappa shape index (κ3) is 0.937. The topological polar surface area (TPSA) is 37.9 Å². The Balaban J connectivity index is 2.28. The number of benzene rings is 1. The van der Waals surface area contributed by atoms with E-state index in [-0.39, 0.29) is 5.82 Å². The number of nitrogens with one attached hydrogen (secondary N) is 1. The number of aromatic amines is 1. The monoisotopic (exact) mass is 190 g/mol. The summed E-state index contributed by atoms with van der Waals surface area (Å²) in [5, 5.41) is 6.75. The van der Waals surface area contributed by atoms with Crippen LogP contribution in [0.2, 0.25) is 0 Å². The minimum Gasteiger partial charge on any atom is -0.488 e. The fourth-order valence-electron chi connectivity index (χ4n) is 1.63. The maximum absolute atomic E-state index is 13.0. The van der Waals surface area contributed by atoms with E-state index < -0.39 is 0 Å². The molecule has 0 saturated heterocycles. The van der Waals surface area contributed by atoms with Gasteiger partial charge in [-0.1, -0.05) is 0 Å². The molecule has 1 aromatic carbocycles. The summed E-state index contributed by atoms with van der Waals surface area (Å²) in [4.78, 5) is 0. The summed E-state index contributed by atoms with van der Waals surface area (Å²) in [6.07, 6.45) is 1.70. The van der Waals surface area contributed by atoms with E-state index in [4.69, 9.17) is 4.74 Å². The molecule has 1 aromatic heterocycles. The highest BCUT2D eigenvalue weighted by molar-refractivity contribution is 5.71. The Bertz CT molecular complexity index is 493. The van der Waals surface area contributed by atoms with Crippen molar-refractivity contribution in [2.45, 2.75) is 6.61 Å². The lowest BCUT2D eigenvalue weighted by atomic mass is 10.1. The van der Waals surface area contributed by atoms with Gasteiger partial charge >= 0.3 is 0 Å². The predicted molar refractivity (Wildman–Crippen MR) is 48.3 cm³/mol. The molecule has 2 heterocycles. The number of halogens is 1. The molecule has 0 bridgehead atoms. The van der Waals surface area contributed by atoms with E-state index in [2.05, 4.69) is 10.2 Å². The molecule has 0 atom stereocenters. The first-order valence-corrected chi connectivity index (χ1v) is 4.29. The number of rotatable bonds is 0. The maximum atomic E-state index is 13.0. The summed E-state index contributed by atoms with van der Waals surface area (Å²) in [6.45, 7) is 0.491. The van der Waals surface area contributed by atoms with Gasteiger partial charge in [-0.3, -0.25) is 5.10 Å². The third-order valence-electron chi connectivity index (χ3n) is 2.31. The van der Waals surface area contributed by atoms with Crippen LogP contribution >= 0.6 is 0 Å². The molecular weight excluding hydrogens is 183 g/mol. The molecule has 0 amide bonds. The fraction of sp³-hybridized carbons (Fsp3) is 0.100. The van der Waals surface area contributed by atoms with E-state index >= 15 is 0 Å². The van der Waals surface area contributed by atoms with E-state index in [0.717, 1.165) is 16.8 Å². The number of hydrogen-bond acceptors (Lipinski definition) is 2. The zero-order chi connectivity index (χ0) is 9.54. The van der Waals surface area contributed by atoms with Crippen molar-refractivity contribution in [2.75, 3.05) is 0 Å². The van der Waals surface area contributed by atoms with Crippen molar-refractivity contribution in [2.24, 2.45) is 0 Å². The van der Waals surface area contributed by atoms with Crippen molar-refractivity contribution in [3.05, 3.63) is 35.8 Å². The van der Waals surface area contributed by atoms with Gasteiger partial charge in [0.1, 0.15) is 18.2 Å². The molecular formula is C10H7FN2O. The van der Waals surface area contributed by atoms with Gasteiger partial charge in [0.15, 0.2) is 0 Å². The summed E-state index contributed by atoms with van der Waals surface area (Å²) >= 11 is 0. The van der Waals surface area contributed by atoms with E-state index in [1.165, 1.54) is 12.1 Å². The summed E-state index contributed by atoms with van der Waals surface area (Å²) in [6, 6.07) is 4.47. The normalized spacial score (nSPS) is 12.9. The molecule has 0 spiro atoms. The molecule has 0 saturated carbocycles. The van der Waals surface area contributed by atoms with Crippen molar-refractivity contribution in [3.63, 3.8) is 0 Å². The molecule has 4 heteroatoms. The molecule has 0 aliphatic carbocycles. The standard InChI is InChI=1S/C10H7FN2O/c11-7-1-2-9-8(3-7)10-6(5-14-9)4-12-13-10/h1-4H,5H2,(H,12,13). The van der Waals surface area contributed by atoms with Crippen LogP contribution in [0.4, 0.5) is 4.39 Å². The third-order valence-corrected chi connectivity index (χ3v) is 2.31. The number of aromatic nitrogens is 2. The van der Waals surface area contributed by atoms with Crippen LogP contribution in [0.1, 0.15) is 5.56 Å². The number of ether oxygens (including phenoxy) is 1. The van der Waals surface area contributed by atoms with Gasteiger partial charge in [0.2, 0.25) is 0 Å². The quantitative estimate of drug-likeness (QED) is 0.690. The van der Waals surface area contributed by atoms with Crippen LogP contribution in [-0.2, 0) is 6.61 Å². The van der Waals surface area contributed by atoms with Gasteiger partial charge in [0, 0.05) is 11.1 Å². The van der Waals surface area contributed by atoms with Gasteiger partial charge in [0.05, 0.1) is 11.9 Å². The van der Waals surface area contributed by atoms with E-state index in [1.807, 2.05) is 0 Å². The highest BCUT2D eigenvalue weighted by Crippen LogP contribution is 2.35. The Kier molecular flexibility index (Phi) is 1.39. The minimum absolute atomic E-state index is 0.269. The Hall–Kier alpha value is -1.84. The van der Waals surface area contributed by atoms with Crippen molar-refractivity contribution >= 4 is 0 Å². The molecule has 1 N–H and O–H groups in total. The van der Waals surface area contributed by atoms with Gasteiger partial charge < -0.3 is 4.74 Å². The second-order valence-electron chi connectivity index (χ2n) is 3.20. The zero-order valence-electron chi connectivity index (χ0n) is 7.25. The van der Waals surface area contributed by atoms with Gasteiger partial charge in [-0.15, -0.1) is 0 Å². The van der Waals surface area contributed by atoms with Crippen LogP contribution in [0, 0.1) is 5.82 Å². The molecule has 3 nitrogen and oxygen atoms in total. The van der Waals surface area contributed by atoms with Crippen LogP contribution in [0.25, 0.3) is 11.3 Å². The van der Waals surface area contributed by atoms with Crippen LogP contribution in [0.3, 0.4) is 0 Å². The summed E-state index contributed by atoms with van der Waals surface area (Å²) < 4.78 is 18.4. The van der Waals surface area contributed by atoms with Gasteiger partial charge in [0.25, 0.3) is 0 Å². The smallest absolute Gasteiger partial charge is 0.129 e. The number of fused-ring (bicyclic) bond motifs is 3. The highest BCUT2D eigenvalue weighted by Gasteiger charge is 2.19. The van der Waals surface area contributed by atoms with Crippen LogP contribution in [0.15, 0.2) is 24.4 Å². The maximum Gasteiger partial charge on any atom is 0.129 e. The first-order chi connectivity index (χ1) is 6.84. The van der Waals surface area contributed by atoms with Crippen LogP contribution in [-0.4, -0.2) is 10.2 Å². The van der Waals surface area contributed by atoms with Crippen LogP contribution in [0.5, 0.6) is 5.75 Å². The average molecular weight is 190 g/mol. The summed E-state index contributed by atoms with van der Waals surface area (Å²) in [5.41, 5.74) is 2.55. The summed E-state index contributed by atoms with van der Waals surface area (Å²) in [5.74, 6) is 0.429. The second kappa shape index (κ2) is 2.57. The van der Waals surface area contributed by atoms with Crippen LogP contribution < -0.4 is 4.74 Å². The first kappa shape index (κ1) is 7.55. The SMILES string of the molecule is Fc1ccc2c(c1)-c1[nH]ncc1CO2. The van der Waals surface area contributed by atoms with Crippen molar-refractivity contribution in [1.82, 2.24) is 10.2 Å². The lowest BCUT2D eigenvalue weighted by Gasteiger charge is -2.16. The number of nitrogens with zero attached hydrogens (tertiary/aromatic N) is 1. The predicted octanol–water partition coefficient (Wildman–Crippen LogP) is 2.11. The Morgan fingerprint density at radius 3 is 3.29 bits per heavy atom. The van der Waals surface area contributed by atoms with Crippen molar-refractivity contribution < 1.29 is 9.13 Å². The Morgan fingerprint density at radius 2 is 2.36 bits per heavy atom. The Morgan fingerprint density at radius 1 is 1.43 bits per heavy atom. The molecule has 3 rings (SSSR count). The molecule has 2 aromatic rings. The molecule has 1 aliphatic heterocycles. The number of H-pyrrole nitrogens is 1. The average Bonchev–Trinajstić information content (AvgIpc) is 2.65. The zero-order valence-corrected chi connectivity index (χ0v) is 7.25. The Labute approximate surface area is 79.5 Å². The lowest BCUT2D eigenvalue weighted by Crippen LogP contribution is -2.03.